The van der Waals surface area contributed by atoms with Crippen molar-refractivity contribution in [1.82, 2.24) is 15.1 Å². The van der Waals surface area contributed by atoms with Crippen molar-refractivity contribution in [3.63, 3.8) is 0 Å². The molecular formula is C13H20N4O3S. The van der Waals surface area contributed by atoms with Crippen LogP contribution in [0.3, 0.4) is 0 Å². The fourth-order valence-electron chi connectivity index (χ4n) is 2.07. The number of aromatic nitrogens is 2. The third-order valence-corrected chi connectivity index (χ3v) is 3.82. The Morgan fingerprint density at radius 1 is 1.38 bits per heavy atom. The van der Waals surface area contributed by atoms with Gasteiger partial charge in [-0.1, -0.05) is 0 Å². The minimum absolute atomic E-state index is 0.207. The minimum atomic E-state index is -3.76. The van der Waals surface area contributed by atoms with E-state index in [1.807, 2.05) is 24.6 Å². The molecule has 3 N–H and O–H groups in total. The second-order valence-electron chi connectivity index (χ2n) is 4.95. The molecule has 2 aromatic rings. The van der Waals surface area contributed by atoms with E-state index < -0.39 is 10.0 Å². The van der Waals surface area contributed by atoms with E-state index >= 15 is 0 Å². The smallest absolute Gasteiger partial charge is 0.271 e. The first kappa shape index (κ1) is 15.7. The van der Waals surface area contributed by atoms with Crippen LogP contribution in [0.5, 0.6) is 0 Å². The Morgan fingerprint density at radius 2 is 2.14 bits per heavy atom. The Hall–Kier alpha value is -1.64. The number of rotatable bonds is 7. The van der Waals surface area contributed by atoms with Crippen LogP contribution < -0.4 is 10.5 Å². The molecular weight excluding hydrogens is 292 g/mol. The van der Waals surface area contributed by atoms with Gasteiger partial charge in [0.05, 0.1) is 12.2 Å². The topological polar surface area (TPSA) is 103 Å². The number of nitrogens with zero attached hydrogens (tertiary/aromatic N) is 2. The maximum Gasteiger partial charge on any atom is 0.271 e. The molecule has 0 aliphatic carbocycles. The van der Waals surface area contributed by atoms with Gasteiger partial charge in [0.25, 0.3) is 10.0 Å². The van der Waals surface area contributed by atoms with Crippen molar-refractivity contribution >= 4 is 10.0 Å². The van der Waals surface area contributed by atoms with E-state index in [4.69, 9.17) is 9.56 Å². The van der Waals surface area contributed by atoms with E-state index in [0.717, 1.165) is 30.9 Å². The summed E-state index contributed by atoms with van der Waals surface area (Å²) in [5, 5.41) is 12.3. The van der Waals surface area contributed by atoms with Crippen molar-refractivity contribution in [3.05, 3.63) is 35.3 Å². The highest BCUT2D eigenvalue weighted by molar-refractivity contribution is 7.89. The van der Waals surface area contributed by atoms with Crippen LogP contribution in [0.1, 0.15) is 23.6 Å². The van der Waals surface area contributed by atoms with Crippen molar-refractivity contribution in [2.45, 2.75) is 38.5 Å². The van der Waals surface area contributed by atoms with Crippen LogP contribution in [0.25, 0.3) is 0 Å². The molecule has 2 aromatic heterocycles. The van der Waals surface area contributed by atoms with E-state index in [2.05, 4.69) is 10.4 Å². The van der Waals surface area contributed by atoms with E-state index in [9.17, 15) is 8.42 Å². The van der Waals surface area contributed by atoms with E-state index in [1.165, 1.54) is 6.07 Å². The second kappa shape index (κ2) is 6.42. The molecule has 2 heterocycles. The Labute approximate surface area is 124 Å². The summed E-state index contributed by atoms with van der Waals surface area (Å²) in [6, 6.07) is 5.01. The van der Waals surface area contributed by atoms with Crippen LogP contribution in [0.4, 0.5) is 0 Å². The summed E-state index contributed by atoms with van der Waals surface area (Å²) < 4.78 is 29.3. The van der Waals surface area contributed by atoms with Gasteiger partial charge in [-0.15, -0.1) is 0 Å². The highest BCUT2D eigenvalue weighted by Crippen LogP contribution is 2.11. The quantitative estimate of drug-likeness (QED) is 0.740. The van der Waals surface area contributed by atoms with Gasteiger partial charge in [-0.3, -0.25) is 4.68 Å². The minimum Gasteiger partial charge on any atom is -0.447 e. The molecule has 0 aliphatic heterocycles. The molecule has 21 heavy (non-hydrogen) atoms. The van der Waals surface area contributed by atoms with Gasteiger partial charge in [0, 0.05) is 12.2 Å². The monoisotopic (exact) mass is 312 g/mol. The van der Waals surface area contributed by atoms with Gasteiger partial charge < -0.3 is 9.73 Å². The Bertz CT molecular complexity index is 703. The zero-order chi connectivity index (χ0) is 15.5. The summed E-state index contributed by atoms with van der Waals surface area (Å²) in [5.74, 6) is 0.546. The molecule has 8 heteroatoms. The second-order valence-corrected chi connectivity index (χ2v) is 6.44. The predicted octanol–water partition coefficient (Wildman–Crippen LogP) is 0.920. The molecule has 116 valence electrons. The number of primary sulfonamides is 1. The fraction of sp³-hybridized carbons (Fsp3) is 0.462. The van der Waals surface area contributed by atoms with Crippen LogP contribution >= 0.6 is 0 Å². The highest BCUT2D eigenvalue weighted by Gasteiger charge is 2.12. The number of furan rings is 1. The van der Waals surface area contributed by atoms with Crippen LogP contribution in [0.15, 0.2) is 27.7 Å². The predicted molar refractivity (Wildman–Crippen MR) is 78.1 cm³/mol. The normalized spacial score (nSPS) is 12.0. The third kappa shape index (κ3) is 4.42. The summed E-state index contributed by atoms with van der Waals surface area (Å²) in [6.45, 7) is 6.09. The molecule has 0 bridgehead atoms. The third-order valence-electron chi connectivity index (χ3n) is 3.04. The standard InChI is InChI=1S/C13H20N4O3S/c1-10-8-11(2)17(16-10)7-3-6-15-9-12-4-5-13(20-12)21(14,18)19/h4-5,8,15H,3,6-7,9H2,1-2H3,(H2,14,18,19). The van der Waals surface area contributed by atoms with Crippen LogP contribution in [0.2, 0.25) is 0 Å². The number of hydrogen-bond donors (Lipinski definition) is 2. The van der Waals surface area contributed by atoms with E-state index in [-0.39, 0.29) is 5.09 Å². The van der Waals surface area contributed by atoms with E-state index in [0.29, 0.717) is 12.3 Å². The molecule has 0 unspecified atom stereocenters. The molecule has 0 radical (unpaired) electrons. The fourth-order valence-corrected chi connectivity index (χ4v) is 2.55. The van der Waals surface area contributed by atoms with Gasteiger partial charge in [0.1, 0.15) is 5.76 Å². The van der Waals surface area contributed by atoms with Gasteiger partial charge in [-0.05, 0) is 45.0 Å². The largest absolute Gasteiger partial charge is 0.447 e. The summed E-state index contributed by atoms with van der Waals surface area (Å²) in [4.78, 5) is 0. The van der Waals surface area contributed by atoms with Gasteiger partial charge in [0.2, 0.25) is 5.09 Å². The average molecular weight is 312 g/mol. The van der Waals surface area contributed by atoms with Crippen molar-refractivity contribution < 1.29 is 12.8 Å². The van der Waals surface area contributed by atoms with Crippen molar-refractivity contribution in [2.75, 3.05) is 6.54 Å². The Morgan fingerprint density at radius 3 is 2.71 bits per heavy atom. The van der Waals surface area contributed by atoms with Crippen LogP contribution in [-0.2, 0) is 23.1 Å². The summed E-state index contributed by atoms with van der Waals surface area (Å²) >= 11 is 0. The van der Waals surface area contributed by atoms with E-state index in [1.54, 1.807) is 6.07 Å². The first-order chi connectivity index (χ1) is 9.86. The molecule has 0 saturated carbocycles. The summed E-state index contributed by atoms with van der Waals surface area (Å²) in [5.41, 5.74) is 2.17. The molecule has 0 saturated heterocycles. The summed E-state index contributed by atoms with van der Waals surface area (Å²) in [6.07, 6.45) is 0.921. The molecule has 2 rings (SSSR count). The highest BCUT2D eigenvalue weighted by atomic mass is 32.2. The first-order valence-corrected chi connectivity index (χ1v) is 8.24. The van der Waals surface area contributed by atoms with Crippen molar-refractivity contribution in [2.24, 2.45) is 5.14 Å². The molecule has 7 nitrogen and oxygen atoms in total. The Balaban J connectivity index is 1.73. The van der Waals surface area contributed by atoms with Crippen LogP contribution in [-0.4, -0.2) is 24.7 Å². The van der Waals surface area contributed by atoms with Crippen molar-refractivity contribution in [1.29, 1.82) is 0 Å². The SMILES string of the molecule is Cc1cc(C)n(CCCNCc2ccc(S(N)(=O)=O)o2)n1. The molecule has 0 fully saturated rings. The zero-order valence-corrected chi connectivity index (χ0v) is 13.0. The number of nitrogens with two attached hydrogens (primary N) is 1. The number of hydrogen-bond acceptors (Lipinski definition) is 5. The summed E-state index contributed by atoms with van der Waals surface area (Å²) in [7, 11) is -3.76. The number of sulfonamides is 1. The molecule has 0 aliphatic rings. The molecule has 0 spiro atoms. The van der Waals surface area contributed by atoms with Gasteiger partial charge in [-0.25, -0.2) is 13.6 Å². The number of aryl methyl sites for hydroxylation is 3. The maximum absolute atomic E-state index is 11.1. The molecule has 0 amide bonds. The van der Waals surface area contributed by atoms with Gasteiger partial charge in [0.15, 0.2) is 0 Å². The molecule has 0 aromatic carbocycles. The lowest BCUT2D eigenvalue weighted by molar-refractivity contribution is 0.400. The zero-order valence-electron chi connectivity index (χ0n) is 12.2. The first-order valence-electron chi connectivity index (χ1n) is 6.69. The average Bonchev–Trinajstić information content (AvgIpc) is 2.96. The van der Waals surface area contributed by atoms with Gasteiger partial charge in [-0.2, -0.15) is 5.10 Å². The maximum atomic E-state index is 11.1. The number of nitrogens with one attached hydrogen (secondary N) is 1. The lowest BCUT2D eigenvalue weighted by Crippen LogP contribution is -2.17. The van der Waals surface area contributed by atoms with Crippen LogP contribution in [0, 0.1) is 13.8 Å². The lowest BCUT2D eigenvalue weighted by Gasteiger charge is -2.05. The van der Waals surface area contributed by atoms with Crippen molar-refractivity contribution in [3.8, 4) is 0 Å². The Kier molecular flexibility index (Phi) is 4.81. The lowest BCUT2D eigenvalue weighted by atomic mass is 10.3. The molecule has 0 atom stereocenters. The van der Waals surface area contributed by atoms with Gasteiger partial charge >= 0.3 is 0 Å².